The molecule has 1 N–H and O–H groups in total. The van der Waals surface area contributed by atoms with Crippen molar-refractivity contribution in [3.05, 3.63) is 0 Å². The van der Waals surface area contributed by atoms with Crippen LogP contribution < -0.4 is 5.32 Å². The number of likely N-dealkylation sites (tertiary alicyclic amines) is 1. The molecule has 1 saturated carbocycles. The number of hydrogen-bond donors (Lipinski definition) is 1. The van der Waals surface area contributed by atoms with Crippen molar-refractivity contribution in [2.45, 2.75) is 37.9 Å². The van der Waals surface area contributed by atoms with Gasteiger partial charge in [0.2, 0.25) is 0 Å². The zero-order chi connectivity index (χ0) is 13.7. The third-order valence-corrected chi connectivity index (χ3v) is 3.69. The average molecular weight is 280 g/mol. The lowest BCUT2D eigenvalue weighted by Gasteiger charge is -2.32. The predicted octanol–water partition coefficient (Wildman–Crippen LogP) is 2.03. The number of rotatable bonds is 7. The van der Waals surface area contributed by atoms with Gasteiger partial charge in [-0.05, 0) is 44.7 Å². The van der Waals surface area contributed by atoms with Crippen molar-refractivity contribution >= 4 is 0 Å². The highest BCUT2D eigenvalue weighted by Gasteiger charge is 2.28. The molecule has 6 heteroatoms. The van der Waals surface area contributed by atoms with Gasteiger partial charge in [0.1, 0.15) is 6.61 Å². The fraction of sp³-hybridized carbons (Fsp3) is 1.00. The Labute approximate surface area is 112 Å². The quantitative estimate of drug-likeness (QED) is 0.722. The van der Waals surface area contributed by atoms with E-state index < -0.39 is 12.8 Å². The van der Waals surface area contributed by atoms with Gasteiger partial charge in [-0.15, -0.1) is 0 Å². The van der Waals surface area contributed by atoms with Crippen molar-refractivity contribution in [1.29, 1.82) is 0 Å². The van der Waals surface area contributed by atoms with Gasteiger partial charge in [-0.2, -0.15) is 13.2 Å². The Morgan fingerprint density at radius 3 is 2.68 bits per heavy atom. The van der Waals surface area contributed by atoms with Gasteiger partial charge in [0.15, 0.2) is 0 Å². The van der Waals surface area contributed by atoms with Gasteiger partial charge in [-0.3, -0.25) is 0 Å². The van der Waals surface area contributed by atoms with E-state index in [0.29, 0.717) is 12.5 Å². The van der Waals surface area contributed by atoms with Crippen LogP contribution in [0.15, 0.2) is 0 Å². The smallest absolute Gasteiger partial charge is 0.371 e. The molecule has 19 heavy (non-hydrogen) atoms. The zero-order valence-corrected chi connectivity index (χ0v) is 11.2. The second-order valence-electron chi connectivity index (χ2n) is 5.66. The third kappa shape index (κ3) is 6.58. The maximum absolute atomic E-state index is 11.9. The van der Waals surface area contributed by atoms with Crippen LogP contribution in [0.4, 0.5) is 13.2 Å². The van der Waals surface area contributed by atoms with E-state index in [4.69, 9.17) is 0 Å². The van der Waals surface area contributed by atoms with Gasteiger partial charge in [0.05, 0.1) is 6.61 Å². The Bertz CT molecular complexity index is 269. The van der Waals surface area contributed by atoms with Crippen LogP contribution in [0.25, 0.3) is 0 Å². The van der Waals surface area contributed by atoms with Crippen LogP contribution >= 0.6 is 0 Å². The van der Waals surface area contributed by atoms with E-state index in [1.807, 2.05) is 0 Å². The van der Waals surface area contributed by atoms with Crippen molar-refractivity contribution in [2.24, 2.45) is 5.92 Å². The normalized spacial score (nSPS) is 25.7. The van der Waals surface area contributed by atoms with E-state index in [0.717, 1.165) is 32.1 Å². The van der Waals surface area contributed by atoms with Crippen LogP contribution in [-0.2, 0) is 4.74 Å². The molecule has 2 fully saturated rings. The molecule has 0 aromatic carbocycles. The van der Waals surface area contributed by atoms with Crippen molar-refractivity contribution in [3.8, 4) is 0 Å². The standard InChI is InChI=1S/C13H23F3N2O/c14-13(15,16)10-19-7-6-18-5-1-2-11(9-18)8-17-12-3-4-12/h11-12,17H,1-10H2. The Balaban J connectivity index is 1.55. The number of hydrogen-bond acceptors (Lipinski definition) is 3. The molecule has 0 bridgehead atoms. The van der Waals surface area contributed by atoms with E-state index in [2.05, 4.69) is 15.0 Å². The molecule has 3 nitrogen and oxygen atoms in total. The van der Waals surface area contributed by atoms with E-state index in [9.17, 15) is 13.2 Å². The third-order valence-electron chi connectivity index (χ3n) is 3.69. The summed E-state index contributed by atoms with van der Waals surface area (Å²) in [7, 11) is 0. The summed E-state index contributed by atoms with van der Waals surface area (Å²) in [6.45, 7) is 2.65. The summed E-state index contributed by atoms with van der Waals surface area (Å²) < 4.78 is 40.4. The Morgan fingerprint density at radius 1 is 1.21 bits per heavy atom. The molecule has 112 valence electrons. The summed E-state index contributed by atoms with van der Waals surface area (Å²) in [6, 6.07) is 0.727. The largest absolute Gasteiger partial charge is 0.411 e. The molecule has 2 aliphatic rings. The summed E-state index contributed by atoms with van der Waals surface area (Å²) in [5.74, 6) is 0.636. The maximum atomic E-state index is 11.9. The molecule has 0 aromatic heterocycles. The SMILES string of the molecule is FC(F)(F)COCCN1CCCC(CNC2CC2)C1. The van der Waals surface area contributed by atoms with Gasteiger partial charge < -0.3 is 15.0 Å². The van der Waals surface area contributed by atoms with E-state index in [1.54, 1.807) is 0 Å². The minimum absolute atomic E-state index is 0.169. The number of ether oxygens (including phenoxy) is 1. The monoisotopic (exact) mass is 280 g/mol. The molecule has 0 amide bonds. The molecule has 0 aromatic rings. The topological polar surface area (TPSA) is 24.5 Å². The van der Waals surface area contributed by atoms with Gasteiger partial charge in [0, 0.05) is 19.1 Å². The zero-order valence-electron chi connectivity index (χ0n) is 11.2. The second kappa shape index (κ2) is 6.90. The van der Waals surface area contributed by atoms with Gasteiger partial charge in [-0.25, -0.2) is 0 Å². The van der Waals surface area contributed by atoms with Gasteiger partial charge in [-0.1, -0.05) is 0 Å². The number of nitrogens with zero attached hydrogens (tertiary/aromatic N) is 1. The minimum atomic E-state index is -4.21. The lowest BCUT2D eigenvalue weighted by atomic mass is 9.98. The van der Waals surface area contributed by atoms with E-state index in [-0.39, 0.29) is 6.61 Å². The molecular weight excluding hydrogens is 257 g/mol. The van der Waals surface area contributed by atoms with E-state index in [1.165, 1.54) is 19.3 Å². The highest BCUT2D eigenvalue weighted by molar-refractivity contribution is 4.83. The van der Waals surface area contributed by atoms with Crippen LogP contribution in [0.5, 0.6) is 0 Å². The minimum Gasteiger partial charge on any atom is -0.371 e. The molecule has 0 spiro atoms. The molecular formula is C13H23F3N2O. The van der Waals surface area contributed by atoms with Crippen molar-refractivity contribution < 1.29 is 17.9 Å². The summed E-state index contributed by atoms with van der Waals surface area (Å²) in [4.78, 5) is 2.22. The van der Waals surface area contributed by atoms with Gasteiger partial charge in [0.25, 0.3) is 0 Å². The van der Waals surface area contributed by atoms with Crippen LogP contribution in [-0.4, -0.2) is 56.5 Å². The first-order valence-electron chi connectivity index (χ1n) is 7.13. The molecule has 2 rings (SSSR count). The van der Waals surface area contributed by atoms with Crippen LogP contribution in [0.3, 0.4) is 0 Å². The predicted molar refractivity (Wildman–Crippen MR) is 67.1 cm³/mol. The molecule has 1 heterocycles. The Hall–Kier alpha value is -0.330. The highest BCUT2D eigenvalue weighted by atomic mass is 19.4. The van der Waals surface area contributed by atoms with Crippen molar-refractivity contribution in [2.75, 3.05) is 39.4 Å². The number of halogens is 3. The van der Waals surface area contributed by atoms with Gasteiger partial charge >= 0.3 is 6.18 Å². The first-order valence-corrected chi connectivity index (χ1v) is 7.13. The molecule has 1 unspecified atom stereocenters. The molecule has 1 saturated heterocycles. The van der Waals surface area contributed by atoms with Crippen LogP contribution in [0, 0.1) is 5.92 Å². The number of alkyl halides is 3. The van der Waals surface area contributed by atoms with Crippen LogP contribution in [0.2, 0.25) is 0 Å². The highest BCUT2D eigenvalue weighted by Crippen LogP contribution is 2.21. The molecule has 0 radical (unpaired) electrons. The fourth-order valence-corrected chi connectivity index (χ4v) is 2.52. The lowest BCUT2D eigenvalue weighted by Crippen LogP contribution is -2.41. The maximum Gasteiger partial charge on any atom is 0.411 e. The Morgan fingerprint density at radius 2 is 2.00 bits per heavy atom. The van der Waals surface area contributed by atoms with E-state index >= 15 is 0 Å². The molecule has 1 aliphatic carbocycles. The fourth-order valence-electron chi connectivity index (χ4n) is 2.52. The van der Waals surface area contributed by atoms with Crippen molar-refractivity contribution in [3.63, 3.8) is 0 Å². The lowest BCUT2D eigenvalue weighted by molar-refractivity contribution is -0.174. The summed E-state index contributed by atoms with van der Waals surface area (Å²) in [5, 5.41) is 3.53. The second-order valence-corrected chi connectivity index (χ2v) is 5.66. The van der Waals surface area contributed by atoms with Crippen molar-refractivity contribution in [1.82, 2.24) is 10.2 Å². The molecule has 1 atom stereocenters. The summed E-state index contributed by atoms with van der Waals surface area (Å²) in [5.41, 5.74) is 0. The number of nitrogens with one attached hydrogen (secondary N) is 1. The first kappa shape index (κ1) is 15.1. The average Bonchev–Trinajstić information content (AvgIpc) is 3.16. The molecule has 1 aliphatic heterocycles. The van der Waals surface area contributed by atoms with Crippen LogP contribution in [0.1, 0.15) is 25.7 Å². The summed E-state index contributed by atoms with van der Waals surface area (Å²) in [6.07, 6.45) is 0.734. The number of piperidine rings is 1. The summed E-state index contributed by atoms with van der Waals surface area (Å²) >= 11 is 0. The Kier molecular flexibility index (Phi) is 5.47. The first-order chi connectivity index (χ1) is 9.03.